The maximum absolute atomic E-state index is 13.0. The average molecular weight is 349 g/mol. The van der Waals surface area contributed by atoms with Crippen LogP contribution in [0.4, 0.5) is 19.0 Å². The molecule has 25 heavy (non-hydrogen) atoms. The van der Waals surface area contributed by atoms with Crippen molar-refractivity contribution >= 4 is 11.5 Å². The maximum atomic E-state index is 13.0. The highest BCUT2D eigenvalue weighted by Gasteiger charge is 2.38. The zero-order chi connectivity index (χ0) is 17.4. The normalized spacial score (nSPS) is 18.0. The number of hydrogen-bond donors (Lipinski definition) is 0. The lowest BCUT2D eigenvalue weighted by atomic mass is 10.3. The Hall–Kier alpha value is -2.84. The number of hydrogen-bond acceptors (Lipinski definition) is 5. The molecule has 0 unspecified atom stereocenters. The van der Waals surface area contributed by atoms with Crippen molar-refractivity contribution in [2.75, 3.05) is 18.0 Å². The number of alkyl halides is 3. The first-order chi connectivity index (χ1) is 12.0. The third-order valence-electron chi connectivity index (χ3n) is 4.02. The van der Waals surface area contributed by atoms with E-state index in [0.717, 1.165) is 16.7 Å². The summed E-state index contributed by atoms with van der Waals surface area (Å²) in [7, 11) is 0. The molecule has 0 amide bonds. The summed E-state index contributed by atoms with van der Waals surface area (Å²) in [6.07, 6.45) is -3.87. The van der Waals surface area contributed by atoms with Crippen LogP contribution in [0.3, 0.4) is 0 Å². The van der Waals surface area contributed by atoms with Crippen LogP contribution in [-0.2, 0) is 6.18 Å². The van der Waals surface area contributed by atoms with E-state index >= 15 is 0 Å². The van der Waals surface area contributed by atoms with Gasteiger partial charge in [0, 0.05) is 13.0 Å². The summed E-state index contributed by atoms with van der Waals surface area (Å²) >= 11 is 0. The second kappa shape index (κ2) is 5.91. The van der Waals surface area contributed by atoms with Crippen LogP contribution in [-0.4, -0.2) is 39.0 Å². The number of halogens is 3. The Morgan fingerprint density at radius 1 is 1.04 bits per heavy atom. The quantitative estimate of drug-likeness (QED) is 0.728. The number of rotatable bonds is 3. The Morgan fingerprint density at radius 3 is 2.60 bits per heavy atom. The van der Waals surface area contributed by atoms with Crippen LogP contribution in [0.1, 0.15) is 12.2 Å². The number of anilines is 1. The molecule has 3 aromatic rings. The molecule has 1 aromatic carbocycles. The van der Waals surface area contributed by atoms with E-state index in [0.29, 0.717) is 18.9 Å². The highest BCUT2D eigenvalue weighted by atomic mass is 19.4. The molecule has 1 saturated heterocycles. The summed E-state index contributed by atoms with van der Waals surface area (Å²) < 4.78 is 45.5. The molecule has 130 valence electrons. The summed E-state index contributed by atoms with van der Waals surface area (Å²) in [4.78, 5) is 1.90. The molecule has 0 radical (unpaired) electrons. The smallest absolute Gasteiger partial charge is 0.453 e. The number of benzene rings is 1. The monoisotopic (exact) mass is 349 g/mol. The van der Waals surface area contributed by atoms with E-state index in [1.54, 1.807) is 6.07 Å². The molecule has 1 aliphatic rings. The van der Waals surface area contributed by atoms with Crippen LogP contribution in [0.25, 0.3) is 5.65 Å². The number of fused-ring (bicyclic) bond motifs is 1. The van der Waals surface area contributed by atoms with Crippen LogP contribution >= 0.6 is 0 Å². The lowest BCUT2D eigenvalue weighted by Gasteiger charge is -2.18. The maximum Gasteiger partial charge on any atom is 0.453 e. The molecule has 1 fully saturated rings. The van der Waals surface area contributed by atoms with Crippen molar-refractivity contribution < 1.29 is 17.9 Å². The molecule has 6 nitrogen and oxygen atoms in total. The first kappa shape index (κ1) is 15.7. The third-order valence-corrected chi connectivity index (χ3v) is 4.02. The lowest BCUT2D eigenvalue weighted by molar-refractivity contribution is -0.146. The van der Waals surface area contributed by atoms with Gasteiger partial charge in [-0.1, -0.05) is 18.2 Å². The van der Waals surface area contributed by atoms with E-state index in [1.165, 1.54) is 6.07 Å². The van der Waals surface area contributed by atoms with E-state index in [9.17, 15) is 13.2 Å². The largest absolute Gasteiger partial charge is 0.489 e. The Labute approximate surface area is 140 Å². The van der Waals surface area contributed by atoms with Gasteiger partial charge in [-0.15, -0.1) is 15.3 Å². The van der Waals surface area contributed by atoms with E-state index in [1.807, 2.05) is 35.2 Å². The summed E-state index contributed by atoms with van der Waals surface area (Å²) in [5.74, 6) is 0.0912. The van der Waals surface area contributed by atoms with Crippen molar-refractivity contribution in [3.63, 3.8) is 0 Å². The van der Waals surface area contributed by atoms with Gasteiger partial charge in [-0.25, -0.2) is 0 Å². The summed E-state index contributed by atoms with van der Waals surface area (Å²) in [5, 5.41) is 10.8. The van der Waals surface area contributed by atoms with E-state index in [2.05, 4.69) is 15.3 Å². The first-order valence-corrected chi connectivity index (χ1v) is 7.77. The minimum atomic E-state index is -4.60. The molecule has 0 N–H and O–H groups in total. The van der Waals surface area contributed by atoms with Crippen LogP contribution in [0.5, 0.6) is 5.75 Å². The summed E-state index contributed by atoms with van der Waals surface area (Å²) in [6, 6.07) is 12.6. The van der Waals surface area contributed by atoms with Gasteiger partial charge < -0.3 is 9.64 Å². The molecule has 0 aliphatic carbocycles. The number of ether oxygens (including phenoxy) is 1. The van der Waals surface area contributed by atoms with Crippen LogP contribution in [0, 0.1) is 0 Å². The minimum absolute atomic E-state index is 0.0390. The second-order valence-electron chi connectivity index (χ2n) is 5.77. The Balaban J connectivity index is 1.54. The van der Waals surface area contributed by atoms with Gasteiger partial charge in [-0.2, -0.15) is 17.7 Å². The predicted octanol–water partition coefficient (Wildman–Crippen LogP) is 2.80. The molecular weight excluding hydrogens is 335 g/mol. The van der Waals surface area contributed by atoms with Crippen molar-refractivity contribution in [1.29, 1.82) is 0 Å². The highest BCUT2D eigenvalue weighted by molar-refractivity contribution is 5.46. The van der Waals surface area contributed by atoms with Crippen molar-refractivity contribution in [1.82, 2.24) is 19.8 Å². The Kier molecular flexibility index (Phi) is 3.70. The number of para-hydroxylation sites is 1. The first-order valence-electron chi connectivity index (χ1n) is 7.77. The number of aromatic nitrogens is 4. The SMILES string of the molecule is FC(F)(F)c1nnc2ccc(N3CC[C@@H](Oc4ccccc4)C3)nn12. The molecule has 0 bridgehead atoms. The van der Waals surface area contributed by atoms with Gasteiger partial charge in [-0.3, -0.25) is 0 Å². The fourth-order valence-electron chi connectivity index (χ4n) is 2.85. The van der Waals surface area contributed by atoms with Crippen molar-refractivity contribution in [3.05, 3.63) is 48.3 Å². The average Bonchev–Trinajstić information content (AvgIpc) is 3.21. The number of nitrogens with zero attached hydrogens (tertiary/aromatic N) is 5. The Morgan fingerprint density at radius 2 is 1.84 bits per heavy atom. The lowest BCUT2D eigenvalue weighted by Crippen LogP contribution is -2.26. The molecule has 3 heterocycles. The van der Waals surface area contributed by atoms with Crippen molar-refractivity contribution in [2.24, 2.45) is 0 Å². The van der Waals surface area contributed by atoms with Gasteiger partial charge in [0.15, 0.2) is 5.65 Å². The second-order valence-corrected chi connectivity index (χ2v) is 5.77. The third kappa shape index (κ3) is 3.09. The zero-order valence-corrected chi connectivity index (χ0v) is 13.0. The predicted molar refractivity (Wildman–Crippen MR) is 83.5 cm³/mol. The molecule has 1 aliphatic heterocycles. The summed E-state index contributed by atoms with van der Waals surface area (Å²) in [6.45, 7) is 1.20. The van der Waals surface area contributed by atoms with Crippen LogP contribution < -0.4 is 9.64 Å². The van der Waals surface area contributed by atoms with E-state index < -0.39 is 12.0 Å². The molecule has 1 atom stereocenters. The van der Waals surface area contributed by atoms with Gasteiger partial charge in [0.05, 0.1) is 6.54 Å². The molecular formula is C16H14F3N5O. The molecule has 2 aromatic heterocycles. The Bertz CT molecular complexity index is 880. The molecule has 0 saturated carbocycles. The highest BCUT2D eigenvalue weighted by Crippen LogP contribution is 2.28. The molecule has 4 rings (SSSR count). The summed E-state index contributed by atoms with van der Waals surface area (Å²) in [5.41, 5.74) is 0.0624. The van der Waals surface area contributed by atoms with Gasteiger partial charge in [0.25, 0.3) is 5.82 Å². The topological polar surface area (TPSA) is 55.5 Å². The standard InChI is InChI=1S/C16H14F3N5O/c17-16(18,19)15-21-20-13-6-7-14(22-24(13)15)23-9-8-12(10-23)25-11-4-2-1-3-5-11/h1-7,12H,8-10H2/t12-/m1/s1. The van der Waals surface area contributed by atoms with Gasteiger partial charge in [0.2, 0.25) is 0 Å². The van der Waals surface area contributed by atoms with Crippen molar-refractivity contribution in [3.8, 4) is 5.75 Å². The fourth-order valence-corrected chi connectivity index (χ4v) is 2.85. The minimum Gasteiger partial charge on any atom is -0.489 e. The van der Waals surface area contributed by atoms with Crippen LogP contribution in [0.15, 0.2) is 42.5 Å². The van der Waals surface area contributed by atoms with Gasteiger partial charge >= 0.3 is 6.18 Å². The van der Waals surface area contributed by atoms with E-state index in [-0.39, 0.29) is 11.8 Å². The zero-order valence-electron chi connectivity index (χ0n) is 13.0. The van der Waals surface area contributed by atoms with Crippen LogP contribution in [0.2, 0.25) is 0 Å². The molecule has 0 spiro atoms. The fraction of sp³-hybridized carbons (Fsp3) is 0.312. The van der Waals surface area contributed by atoms with E-state index in [4.69, 9.17) is 4.74 Å². The molecule has 9 heteroatoms. The van der Waals surface area contributed by atoms with Crippen molar-refractivity contribution in [2.45, 2.75) is 18.7 Å². The van der Waals surface area contributed by atoms with Gasteiger partial charge in [-0.05, 0) is 24.3 Å². The van der Waals surface area contributed by atoms with Gasteiger partial charge in [0.1, 0.15) is 17.7 Å².